The van der Waals surface area contributed by atoms with E-state index in [9.17, 15) is 4.79 Å². The van der Waals surface area contributed by atoms with Crippen molar-refractivity contribution >= 4 is 12.1 Å². The molecule has 0 aliphatic carbocycles. The number of hydrogen-bond donors (Lipinski definition) is 3. The van der Waals surface area contributed by atoms with E-state index < -0.39 is 11.7 Å². The summed E-state index contributed by atoms with van der Waals surface area (Å²) in [5, 5.41) is 9.86. The van der Waals surface area contributed by atoms with E-state index in [0.717, 1.165) is 50.6 Å². The molecule has 1 aromatic rings. The first-order valence-corrected chi connectivity index (χ1v) is 11.0. The third-order valence-corrected chi connectivity index (χ3v) is 5.13. The number of piperidine rings is 1. The van der Waals surface area contributed by atoms with Crippen LogP contribution in [0.3, 0.4) is 0 Å². The zero-order valence-corrected chi connectivity index (χ0v) is 19.6. The van der Waals surface area contributed by atoms with E-state index in [0.29, 0.717) is 12.6 Å². The van der Waals surface area contributed by atoms with E-state index in [1.54, 1.807) is 14.2 Å². The Kier molecular flexibility index (Phi) is 10.1. The van der Waals surface area contributed by atoms with Crippen LogP contribution in [0.1, 0.15) is 45.2 Å². The summed E-state index contributed by atoms with van der Waals surface area (Å²) in [5.74, 6) is 0.738. The number of nitrogens with zero attached hydrogens (tertiary/aromatic N) is 2. The number of rotatable bonds is 8. The van der Waals surface area contributed by atoms with Crippen LogP contribution in [0.25, 0.3) is 0 Å². The van der Waals surface area contributed by atoms with Gasteiger partial charge >= 0.3 is 6.09 Å². The molecule has 174 valence electrons. The number of ether oxygens (including phenoxy) is 2. The number of nitrogens with one attached hydrogen (secondary N) is 3. The van der Waals surface area contributed by atoms with Crippen molar-refractivity contribution in [2.24, 2.45) is 4.99 Å². The zero-order valence-electron chi connectivity index (χ0n) is 19.6. The number of benzene rings is 1. The van der Waals surface area contributed by atoms with Gasteiger partial charge in [0.1, 0.15) is 5.60 Å². The summed E-state index contributed by atoms with van der Waals surface area (Å²) >= 11 is 0. The normalized spacial score (nSPS) is 17.1. The number of guanidine groups is 1. The van der Waals surface area contributed by atoms with Crippen molar-refractivity contribution in [3.8, 4) is 0 Å². The van der Waals surface area contributed by atoms with E-state index in [1.165, 1.54) is 0 Å². The third kappa shape index (κ3) is 9.57. The quantitative estimate of drug-likeness (QED) is 0.431. The molecule has 0 aromatic heterocycles. The molecule has 1 fully saturated rings. The number of hydrogen-bond acceptors (Lipinski definition) is 5. The minimum Gasteiger partial charge on any atom is -0.444 e. The topological polar surface area (TPSA) is 87.2 Å². The molecule has 31 heavy (non-hydrogen) atoms. The smallest absolute Gasteiger partial charge is 0.408 e. The fourth-order valence-electron chi connectivity index (χ4n) is 3.50. The first-order valence-electron chi connectivity index (χ1n) is 11.0. The van der Waals surface area contributed by atoms with Crippen LogP contribution in [0.15, 0.2) is 35.3 Å². The molecule has 1 unspecified atom stereocenters. The Balaban J connectivity index is 1.89. The van der Waals surface area contributed by atoms with Crippen LogP contribution in [-0.4, -0.2) is 75.5 Å². The Morgan fingerprint density at radius 2 is 1.90 bits per heavy atom. The second kappa shape index (κ2) is 12.5. The number of likely N-dealkylation sites (tertiary alicyclic amines) is 1. The van der Waals surface area contributed by atoms with Gasteiger partial charge in [0.15, 0.2) is 5.96 Å². The molecule has 0 radical (unpaired) electrons. The first-order chi connectivity index (χ1) is 14.8. The molecular weight excluding hydrogens is 394 g/mol. The maximum Gasteiger partial charge on any atom is 0.408 e. The Labute approximate surface area is 186 Å². The van der Waals surface area contributed by atoms with Crippen molar-refractivity contribution in [1.29, 1.82) is 0 Å². The van der Waals surface area contributed by atoms with Crippen LogP contribution >= 0.6 is 0 Å². The summed E-state index contributed by atoms with van der Waals surface area (Å²) in [6.45, 7) is 9.90. The number of carbonyl (C=O) groups excluding carboxylic acids is 1. The SMILES string of the molecule is CN=C(NCC(NC(=O)OC(C)(C)C)c1ccccc1)NC1CCN(CCOC)CC1. The van der Waals surface area contributed by atoms with Crippen molar-refractivity contribution in [3.05, 3.63) is 35.9 Å². The van der Waals surface area contributed by atoms with Crippen molar-refractivity contribution in [2.45, 2.75) is 51.3 Å². The van der Waals surface area contributed by atoms with E-state index in [-0.39, 0.29) is 6.04 Å². The van der Waals surface area contributed by atoms with Gasteiger partial charge in [-0.25, -0.2) is 4.79 Å². The highest BCUT2D eigenvalue weighted by Crippen LogP contribution is 2.14. The van der Waals surface area contributed by atoms with Crippen LogP contribution in [0.2, 0.25) is 0 Å². The van der Waals surface area contributed by atoms with E-state index in [1.807, 2.05) is 51.1 Å². The van der Waals surface area contributed by atoms with Crippen molar-refractivity contribution in [1.82, 2.24) is 20.9 Å². The van der Waals surface area contributed by atoms with Crippen LogP contribution in [-0.2, 0) is 9.47 Å². The molecule has 0 spiro atoms. The Morgan fingerprint density at radius 3 is 2.48 bits per heavy atom. The predicted octanol–water partition coefficient (Wildman–Crippen LogP) is 2.53. The molecule has 8 heteroatoms. The highest BCUT2D eigenvalue weighted by Gasteiger charge is 2.22. The zero-order chi connectivity index (χ0) is 22.7. The van der Waals surface area contributed by atoms with Crippen LogP contribution < -0.4 is 16.0 Å². The van der Waals surface area contributed by atoms with Gasteiger partial charge in [-0.15, -0.1) is 0 Å². The molecule has 1 atom stereocenters. The standard InChI is InChI=1S/C23H39N5O3/c1-23(2,3)31-22(29)27-20(18-9-7-6-8-10-18)17-25-21(24-4)26-19-11-13-28(14-12-19)15-16-30-5/h6-10,19-20H,11-17H2,1-5H3,(H,27,29)(H2,24,25,26). The molecular formula is C23H39N5O3. The molecule has 2 rings (SSSR count). The third-order valence-electron chi connectivity index (χ3n) is 5.13. The number of carbonyl (C=O) groups is 1. The van der Waals surface area contributed by atoms with Gasteiger partial charge in [0.05, 0.1) is 12.6 Å². The summed E-state index contributed by atoms with van der Waals surface area (Å²) < 4.78 is 10.6. The molecule has 1 aliphatic rings. The van der Waals surface area contributed by atoms with Crippen molar-refractivity contribution in [3.63, 3.8) is 0 Å². The minimum absolute atomic E-state index is 0.245. The minimum atomic E-state index is -0.547. The molecule has 1 aromatic carbocycles. The summed E-state index contributed by atoms with van der Waals surface area (Å²) in [6, 6.07) is 10.0. The molecule has 1 aliphatic heterocycles. The van der Waals surface area contributed by atoms with Gasteiger partial charge < -0.3 is 30.3 Å². The molecule has 1 saturated heterocycles. The number of alkyl carbamates (subject to hydrolysis) is 1. The number of amides is 1. The highest BCUT2D eigenvalue weighted by molar-refractivity contribution is 5.80. The maximum absolute atomic E-state index is 12.4. The largest absolute Gasteiger partial charge is 0.444 e. The fourth-order valence-corrected chi connectivity index (χ4v) is 3.50. The van der Waals surface area contributed by atoms with Crippen LogP contribution in [0, 0.1) is 0 Å². The lowest BCUT2D eigenvalue weighted by Gasteiger charge is -2.33. The second-order valence-electron chi connectivity index (χ2n) is 8.82. The summed E-state index contributed by atoms with van der Waals surface area (Å²) in [7, 11) is 3.51. The summed E-state index contributed by atoms with van der Waals surface area (Å²) in [5.41, 5.74) is 0.455. The van der Waals surface area contributed by atoms with Gasteiger partial charge in [0.2, 0.25) is 0 Å². The van der Waals surface area contributed by atoms with Gasteiger partial charge in [0, 0.05) is 46.4 Å². The maximum atomic E-state index is 12.4. The molecule has 0 bridgehead atoms. The second-order valence-corrected chi connectivity index (χ2v) is 8.82. The lowest BCUT2D eigenvalue weighted by molar-refractivity contribution is 0.0504. The monoisotopic (exact) mass is 433 g/mol. The van der Waals surface area contributed by atoms with E-state index >= 15 is 0 Å². The molecule has 1 heterocycles. The van der Waals surface area contributed by atoms with Gasteiger partial charge in [-0.3, -0.25) is 4.99 Å². The average Bonchev–Trinajstić information content (AvgIpc) is 2.74. The average molecular weight is 434 g/mol. The van der Waals surface area contributed by atoms with Crippen molar-refractivity contribution in [2.75, 3.05) is 46.9 Å². The van der Waals surface area contributed by atoms with Crippen molar-refractivity contribution < 1.29 is 14.3 Å². The van der Waals surface area contributed by atoms with E-state index in [2.05, 4.69) is 25.8 Å². The number of aliphatic imine (C=N–C) groups is 1. The molecule has 0 saturated carbocycles. The predicted molar refractivity (Wildman–Crippen MR) is 124 cm³/mol. The lowest BCUT2D eigenvalue weighted by Crippen LogP contribution is -2.50. The number of methoxy groups -OCH3 is 1. The molecule has 8 nitrogen and oxygen atoms in total. The lowest BCUT2D eigenvalue weighted by atomic mass is 10.1. The van der Waals surface area contributed by atoms with Gasteiger partial charge in [-0.2, -0.15) is 0 Å². The van der Waals surface area contributed by atoms with Gasteiger partial charge in [0.25, 0.3) is 0 Å². The van der Waals surface area contributed by atoms with E-state index in [4.69, 9.17) is 9.47 Å². The Morgan fingerprint density at radius 1 is 1.23 bits per heavy atom. The molecule has 1 amide bonds. The fraction of sp³-hybridized carbons (Fsp3) is 0.652. The Hall–Kier alpha value is -2.32. The molecule has 3 N–H and O–H groups in total. The van der Waals surface area contributed by atoms with Crippen LogP contribution in [0.5, 0.6) is 0 Å². The summed E-state index contributed by atoms with van der Waals surface area (Å²) in [6.07, 6.45) is 1.68. The Bertz CT molecular complexity index is 682. The first kappa shape index (κ1) is 24.9. The van der Waals surface area contributed by atoms with Crippen LogP contribution in [0.4, 0.5) is 4.79 Å². The highest BCUT2D eigenvalue weighted by atomic mass is 16.6. The van der Waals surface area contributed by atoms with Gasteiger partial charge in [-0.05, 0) is 39.2 Å². The van der Waals surface area contributed by atoms with Gasteiger partial charge in [-0.1, -0.05) is 30.3 Å². The summed E-state index contributed by atoms with van der Waals surface area (Å²) in [4.78, 5) is 19.2.